The molecule has 0 fully saturated rings. The first-order valence-corrected chi connectivity index (χ1v) is 7.40. The fourth-order valence-electron chi connectivity index (χ4n) is 1.89. The van der Waals surface area contributed by atoms with Crippen LogP contribution in [0.4, 0.5) is 0 Å². The summed E-state index contributed by atoms with van der Waals surface area (Å²) in [4.78, 5) is 16.4. The van der Waals surface area contributed by atoms with Gasteiger partial charge in [0.15, 0.2) is 5.78 Å². The summed E-state index contributed by atoms with van der Waals surface area (Å²) >= 11 is 7.25. The average molecular weight is 303 g/mol. The minimum Gasteiger partial charge on any atom is -0.293 e. The van der Waals surface area contributed by atoms with E-state index in [0.29, 0.717) is 16.3 Å². The summed E-state index contributed by atoms with van der Waals surface area (Å²) in [5.41, 5.74) is 2.62. The summed E-state index contributed by atoms with van der Waals surface area (Å²) in [6.07, 6.45) is 1.74. The van der Waals surface area contributed by atoms with Crippen molar-refractivity contribution in [3.05, 3.63) is 65.4 Å². The van der Waals surface area contributed by atoms with Gasteiger partial charge in [-0.1, -0.05) is 23.7 Å². The lowest BCUT2D eigenvalue weighted by atomic mass is 10.1. The van der Waals surface area contributed by atoms with Crippen LogP contribution in [0.1, 0.15) is 10.4 Å². The number of imidazole rings is 1. The first kappa shape index (κ1) is 13.2. The summed E-state index contributed by atoms with van der Waals surface area (Å²) in [7, 11) is 0. The second kappa shape index (κ2) is 5.69. The Kier molecular flexibility index (Phi) is 3.76. The maximum Gasteiger partial charge on any atom is 0.174 e. The molecule has 1 heterocycles. The van der Waals surface area contributed by atoms with E-state index in [9.17, 15) is 4.79 Å². The molecule has 3 aromatic rings. The van der Waals surface area contributed by atoms with E-state index in [1.54, 1.807) is 30.6 Å². The molecule has 0 spiro atoms. The van der Waals surface area contributed by atoms with Gasteiger partial charge in [-0.3, -0.25) is 8.77 Å². The number of carbonyl (C=O) groups excluding carboxylic acids is 1. The van der Waals surface area contributed by atoms with E-state index in [0.717, 1.165) is 11.0 Å². The Morgan fingerprint density at radius 3 is 2.70 bits per heavy atom. The lowest BCUT2D eigenvalue weighted by Gasteiger charge is -2.03. The normalized spacial score (nSPS) is 10.8. The summed E-state index contributed by atoms with van der Waals surface area (Å²) in [6, 6.07) is 14.8. The molecule has 0 saturated carbocycles. The molecule has 5 heteroatoms. The lowest BCUT2D eigenvalue weighted by Crippen LogP contribution is -2.03. The zero-order valence-corrected chi connectivity index (χ0v) is 12.1. The Morgan fingerprint density at radius 2 is 1.90 bits per heavy atom. The number of halogens is 1. The minimum atomic E-state index is 0.0736. The Balaban J connectivity index is 1.73. The highest BCUT2D eigenvalue weighted by molar-refractivity contribution is 7.98. The Labute approximate surface area is 125 Å². The zero-order chi connectivity index (χ0) is 13.9. The summed E-state index contributed by atoms with van der Waals surface area (Å²) in [5.74, 6) is 0.437. The van der Waals surface area contributed by atoms with Crippen LogP contribution in [-0.4, -0.2) is 20.5 Å². The number of nitrogens with zero attached hydrogens (tertiary/aromatic N) is 2. The van der Waals surface area contributed by atoms with Gasteiger partial charge in [0, 0.05) is 10.6 Å². The molecule has 1 aromatic heterocycles. The van der Waals surface area contributed by atoms with Gasteiger partial charge in [0.1, 0.15) is 6.33 Å². The van der Waals surface area contributed by atoms with Crippen molar-refractivity contribution in [3.63, 3.8) is 0 Å². The van der Waals surface area contributed by atoms with Crippen molar-refractivity contribution >= 4 is 40.4 Å². The maximum absolute atomic E-state index is 12.1. The number of para-hydroxylation sites is 2. The van der Waals surface area contributed by atoms with Crippen LogP contribution in [0.15, 0.2) is 54.9 Å². The fraction of sp³-hybridized carbons (Fsp3) is 0.0667. The molecule has 0 aliphatic heterocycles. The monoisotopic (exact) mass is 302 g/mol. The molecular weight excluding hydrogens is 292 g/mol. The Morgan fingerprint density at radius 1 is 1.15 bits per heavy atom. The molecule has 100 valence electrons. The number of benzene rings is 2. The largest absolute Gasteiger partial charge is 0.293 e. The molecule has 3 rings (SSSR count). The van der Waals surface area contributed by atoms with Crippen LogP contribution in [0.3, 0.4) is 0 Å². The van der Waals surface area contributed by atoms with E-state index < -0.39 is 0 Å². The predicted molar refractivity (Wildman–Crippen MR) is 83.4 cm³/mol. The van der Waals surface area contributed by atoms with Crippen molar-refractivity contribution in [1.29, 1.82) is 0 Å². The number of rotatable bonds is 4. The number of carbonyl (C=O) groups is 1. The molecule has 20 heavy (non-hydrogen) atoms. The van der Waals surface area contributed by atoms with E-state index >= 15 is 0 Å². The van der Waals surface area contributed by atoms with Gasteiger partial charge in [-0.05, 0) is 48.3 Å². The molecule has 0 aliphatic rings. The van der Waals surface area contributed by atoms with E-state index in [2.05, 4.69) is 4.98 Å². The number of aromatic nitrogens is 2. The molecule has 0 atom stereocenters. The molecule has 2 aromatic carbocycles. The number of hydrogen-bond acceptors (Lipinski definition) is 3. The number of ketones is 1. The lowest BCUT2D eigenvalue weighted by molar-refractivity contribution is 0.102. The fourth-order valence-corrected chi connectivity index (χ4v) is 2.84. The van der Waals surface area contributed by atoms with Gasteiger partial charge in [-0.15, -0.1) is 0 Å². The van der Waals surface area contributed by atoms with Crippen molar-refractivity contribution in [2.24, 2.45) is 0 Å². The van der Waals surface area contributed by atoms with E-state index in [1.807, 2.05) is 28.2 Å². The third-order valence-electron chi connectivity index (χ3n) is 2.92. The zero-order valence-electron chi connectivity index (χ0n) is 10.5. The van der Waals surface area contributed by atoms with Gasteiger partial charge in [-0.25, -0.2) is 4.98 Å². The Bertz CT molecular complexity index is 752. The van der Waals surface area contributed by atoms with Crippen LogP contribution in [0.25, 0.3) is 11.0 Å². The van der Waals surface area contributed by atoms with Crippen molar-refractivity contribution < 1.29 is 4.79 Å². The molecule has 0 saturated heterocycles. The van der Waals surface area contributed by atoms with Crippen molar-refractivity contribution in [2.45, 2.75) is 0 Å². The molecule has 0 radical (unpaired) electrons. The van der Waals surface area contributed by atoms with Crippen LogP contribution in [0.5, 0.6) is 0 Å². The van der Waals surface area contributed by atoms with Gasteiger partial charge < -0.3 is 0 Å². The van der Waals surface area contributed by atoms with Crippen LogP contribution >= 0.6 is 23.5 Å². The minimum absolute atomic E-state index is 0.0736. The topological polar surface area (TPSA) is 34.9 Å². The van der Waals surface area contributed by atoms with Crippen LogP contribution < -0.4 is 0 Å². The molecule has 0 unspecified atom stereocenters. The van der Waals surface area contributed by atoms with E-state index in [-0.39, 0.29) is 5.78 Å². The molecule has 0 N–H and O–H groups in total. The van der Waals surface area contributed by atoms with Crippen LogP contribution in [-0.2, 0) is 0 Å². The number of Topliss-reactive ketones (excluding diaryl/α,β-unsaturated/α-hetero) is 1. The van der Waals surface area contributed by atoms with Gasteiger partial charge >= 0.3 is 0 Å². The summed E-state index contributed by atoms with van der Waals surface area (Å²) in [6.45, 7) is 0. The summed E-state index contributed by atoms with van der Waals surface area (Å²) < 4.78 is 1.92. The standard InChI is InChI=1S/C15H11ClN2OS/c16-12-7-5-11(6-8-12)15(19)9-20-18-10-17-13-3-1-2-4-14(13)18/h1-8,10H,9H2. The molecule has 0 aliphatic carbocycles. The first-order valence-electron chi connectivity index (χ1n) is 6.08. The molecule has 0 bridgehead atoms. The smallest absolute Gasteiger partial charge is 0.174 e. The SMILES string of the molecule is O=C(CSn1cnc2ccccc21)c1ccc(Cl)cc1. The second-order valence-corrected chi connectivity index (χ2v) is 5.64. The molecule has 0 amide bonds. The first-order chi connectivity index (χ1) is 9.74. The highest BCUT2D eigenvalue weighted by Gasteiger charge is 2.08. The van der Waals surface area contributed by atoms with E-state index in [4.69, 9.17) is 11.6 Å². The number of hydrogen-bond donors (Lipinski definition) is 0. The highest BCUT2D eigenvalue weighted by atomic mass is 35.5. The van der Waals surface area contributed by atoms with Crippen LogP contribution in [0.2, 0.25) is 5.02 Å². The Hall–Kier alpha value is -1.78. The van der Waals surface area contributed by atoms with Gasteiger partial charge in [0.25, 0.3) is 0 Å². The van der Waals surface area contributed by atoms with E-state index in [1.165, 1.54) is 11.9 Å². The molecule has 3 nitrogen and oxygen atoms in total. The van der Waals surface area contributed by atoms with Crippen molar-refractivity contribution in [2.75, 3.05) is 5.75 Å². The predicted octanol–water partition coefficient (Wildman–Crippen LogP) is 4.07. The quantitative estimate of drug-likeness (QED) is 0.681. The van der Waals surface area contributed by atoms with Gasteiger partial charge in [0.05, 0.1) is 16.8 Å². The third kappa shape index (κ3) is 2.71. The number of fused-ring (bicyclic) bond motifs is 1. The van der Waals surface area contributed by atoms with Crippen LogP contribution in [0, 0.1) is 0 Å². The third-order valence-corrected chi connectivity index (χ3v) is 4.13. The second-order valence-electron chi connectivity index (χ2n) is 4.26. The van der Waals surface area contributed by atoms with Gasteiger partial charge in [-0.2, -0.15) is 0 Å². The molecular formula is C15H11ClN2OS. The maximum atomic E-state index is 12.1. The highest BCUT2D eigenvalue weighted by Crippen LogP contribution is 2.19. The summed E-state index contributed by atoms with van der Waals surface area (Å²) in [5, 5.41) is 0.634. The van der Waals surface area contributed by atoms with Gasteiger partial charge in [0.2, 0.25) is 0 Å². The van der Waals surface area contributed by atoms with Crippen molar-refractivity contribution in [3.8, 4) is 0 Å². The average Bonchev–Trinajstić information content (AvgIpc) is 2.89. The van der Waals surface area contributed by atoms with Crippen molar-refractivity contribution in [1.82, 2.24) is 8.96 Å².